The molecule has 0 aliphatic heterocycles. The zero-order chi connectivity index (χ0) is 12.5. The molecular formula is C15H21N3. The van der Waals surface area contributed by atoms with Crippen LogP contribution in [0.4, 0.5) is 0 Å². The van der Waals surface area contributed by atoms with E-state index in [0.717, 1.165) is 6.42 Å². The lowest BCUT2D eigenvalue weighted by Crippen LogP contribution is -2.34. The van der Waals surface area contributed by atoms with Crippen LogP contribution in [0.1, 0.15) is 31.4 Å². The molecule has 0 bridgehead atoms. The molecule has 1 aromatic carbocycles. The van der Waals surface area contributed by atoms with E-state index in [0.29, 0.717) is 12.0 Å². The molecule has 96 valence electrons. The van der Waals surface area contributed by atoms with Crippen molar-refractivity contribution in [3.05, 3.63) is 30.0 Å². The third kappa shape index (κ3) is 2.03. The predicted octanol–water partition coefficient (Wildman–Crippen LogP) is 2.63. The third-order valence-corrected chi connectivity index (χ3v) is 4.26. The number of aryl methyl sites for hydroxylation is 1. The summed E-state index contributed by atoms with van der Waals surface area (Å²) in [6, 6.07) is 8.83. The van der Waals surface area contributed by atoms with E-state index in [1.165, 1.54) is 42.3 Å². The molecule has 2 atom stereocenters. The van der Waals surface area contributed by atoms with Crippen LogP contribution >= 0.6 is 0 Å². The number of benzene rings is 1. The van der Waals surface area contributed by atoms with Crippen molar-refractivity contribution in [1.82, 2.24) is 9.78 Å². The van der Waals surface area contributed by atoms with E-state index >= 15 is 0 Å². The maximum atomic E-state index is 6.24. The number of fused-ring (bicyclic) bond motifs is 1. The van der Waals surface area contributed by atoms with Gasteiger partial charge in [-0.15, -0.1) is 0 Å². The van der Waals surface area contributed by atoms with Crippen molar-refractivity contribution < 1.29 is 0 Å². The van der Waals surface area contributed by atoms with Crippen molar-refractivity contribution >= 4 is 10.9 Å². The number of hydrogen-bond donors (Lipinski definition) is 1. The van der Waals surface area contributed by atoms with Crippen LogP contribution in [0.15, 0.2) is 24.3 Å². The Morgan fingerprint density at radius 1 is 1.28 bits per heavy atom. The third-order valence-electron chi connectivity index (χ3n) is 4.26. The summed E-state index contributed by atoms with van der Waals surface area (Å²) in [7, 11) is 2.02. The molecule has 3 rings (SSSR count). The Labute approximate surface area is 108 Å². The van der Waals surface area contributed by atoms with Gasteiger partial charge in [0.2, 0.25) is 0 Å². The predicted molar refractivity (Wildman–Crippen MR) is 74.4 cm³/mol. The summed E-state index contributed by atoms with van der Waals surface area (Å²) < 4.78 is 1.99. The number of rotatable bonds is 2. The minimum absolute atomic E-state index is 0.361. The molecule has 1 aliphatic rings. The van der Waals surface area contributed by atoms with Gasteiger partial charge in [-0.25, -0.2) is 0 Å². The summed E-state index contributed by atoms with van der Waals surface area (Å²) >= 11 is 0. The van der Waals surface area contributed by atoms with Gasteiger partial charge in [0.05, 0.1) is 11.2 Å². The van der Waals surface area contributed by atoms with Crippen LogP contribution in [-0.2, 0) is 13.5 Å². The van der Waals surface area contributed by atoms with Crippen molar-refractivity contribution in [3.8, 4) is 0 Å². The smallest absolute Gasteiger partial charge is 0.0706 e. The highest BCUT2D eigenvalue weighted by molar-refractivity contribution is 5.81. The second-order valence-corrected chi connectivity index (χ2v) is 5.50. The molecule has 1 saturated carbocycles. The van der Waals surface area contributed by atoms with Gasteiger partial charge in [0.25, 0.3) is 0 Å². The average Bonchev–Trinajstić information content (AvgIpc) is 2.70. The van der Waals surface area contributed by atoms with Gasteiger partial charge in [0.15, 0.2) is 0 Å². The van der Waals surface area contributed by atoms with Gasteiger partial charge in [-0.1, -0.05) is 31.0 Å². The highest BCUT2D eigenvalue weighted by Crippen LogP contribution is 2.28. The molecule has 2 N–H and O–H groups in total. The summed E-state index contributed by atoms with van der Waals surface area (Å²) in [6.07, 6.45) is 6.08. The van der Waals surface area contributed by atoms with Crippen LogP contribution < -0.4 is 5.73 Å². The van der Waals surface area contributed by atoms with E-state index < -0.39 is 0 Å². The molecule has 1 heterocycles. The SMILES string of the molecule is Cn1nc(CC2CCCCC2N)c2ccccc21. The molecule has 3 heteroatoms. The molecule has 2 unspecified atom stereocenters. The first kappa shape index (κ1) is 11.7. The number of aromatic nitrogens is 2. The van der Waals surface area contributed by atoms with Crippen LogP contribution in [-0.4, -0.2) is 15.8 Å². The highest BCUT2D eigenvalue weighted by atomic mass is 15.3. The Hall–Kier alpha value is -1.35. The van der Waals surface area contributed by atoms with E-state index in [2.05, 4.69) is 29.4 Å². The van der Waals surface area contributed by atoms with E-state index in [1.807, 2.05) is 11.7 Å². The number of nitrogens with two attached hydrogens (primary N) is 1. The van der Waals surface area contributed by atoms with Gasteiger partial charge in [-0.05, 0) is 31.2 Å². The molecule has 18 heavy (non-hydrogen) atoms. The zero-order valence-electron chi connectivity index (χ0n) is 11.0. The summed E-state index contributed by atoms with van der Waals surface area (Å²) in [5.41, 5.74) is 8.68. The normalized spacial score (nSPS) is 24.6. The standard InChI is InChI=1S/C15H21N3/c1-18-15-9-5-3-7-12(15)14(17-18)10-11-6-2-4-8-13(11)16/h3,5,7,9,11,13H,2,4,6,8,10,16H2,1H3. The van der Waals surface area contributed by atoms with Gasteiger partial charge in [0.1, 0.15) is 0 Å². The van der Waals surface area contributed by atoms with E-state index in [4.69, 9.17) is 5.73 Å². The molecule has 2 aromatic rings. The minimum atomic E-state index is 0.361. The minimum Gasteiger partial charge on any atom is -0.327 e. The molecule has 1 aliphatic carbocycles. The van der Waals surface area contributed by atoms with Crippen molar-refractivity contribution in [2.45, 2.75) is 38.1 Å². The maximum absolute atomic E-state index is 6.24. The van der Waals surface area contributed by atoms with Gasteiger partial charge < -0.3 is 5.73 Å². The van der Waals surface area contributed by atoms with Crippen molar-refractivity contribution in [1.29, 1.82) is 0 Å². The largest absolute Gasteiger partial charge is 0.327 e. The van der Waals surface area contributed by atoms with Crippen LogP contribution in [0.5, 0.6) is 0 Å². The topological polar surface area (TPSA) is 43.8 Å². The van der Waals surface area contributed by atoms with E-state index in [-0.39, 0.29) is 0 Å². The molecule has 0 saturated heterocycles. The maximum Gasteiger partial charge on any atom is 0.0706 e. The Morgan fingerprint density at radius 2 is 2.06 bits per heavy atom. The summed E-state index contributed by atoms with van der Waals surface area (Å²) in [5.74, 6) is 0.608. The van der Waals surface area contributed by atoms with Crippen LogP contribution in [0.25, 0.3) is 10.9 Å². The molecular weight excluding hydrogens is 222 g/mol. The van der Waals surface area contributed by atoms with Gasteiger partial charge in [-0.3, -0.25) is 4.68 Å². The first-order valence-corrected chi connectivity index (χ1v) is 6.92. The molecule has 3 nitrogen and oxygen atoms in total. The van der Waals surface area contributed by atoms with Crippen LogP contribution in [0.3, 0.4) is 0 Å². The average molecular weight is 243 g/mol. The van der Waals surface area contributed by atoms with E-state index in [9.17, 15) is 0 Å². The van der Waals surface area contributed by atoms with Crippen LogP contribution in [0.2, 0.25) is 0 Å². The number of para-hydroxylation sites is 1. The van der Waals surface area contributed by atoms with E-state index in [1.54, 1.807) is 0 Å². The van der Waals surface area contributed by atoms with Crippen molar-refractivity contribution in [2.75, 3.05) is 0 Å². The summed E-state index contributed by atoms with van der Waals surface area (Å²) in [6.45, 7) is 0. The lowest BCUT2D eigenvalue weighted by molar-refractivity contribution is 0.304. The fourth-order valence-corrected chi connectivity index (χ4v) is 3.18. The van der Waals surface area contributed by atoms with Crippen molar-refractivity contribution in [3.63, 3.8) is 0 Å². The molecule has 0 amide bonds. The Kier molecular flexibility index (Phi) is 3.08. The lowest BCUT2D eigenvalue weighted by Gasteiger charge is -2.27. The first-order chi connectivity index (χ1) is 8.75. The van der Waals surface area contributed by atoms with Gasteiger partial charge in [-0.2, -0.15) is 5.10 Å². The fourth-order valence-electron chi connectivity index (χ4n) is 3.18. The second-order valence-electron chi connectivity index (χ2n) is 5.50. The van der Waals surface area contributed by atoms with Gasteiger partial charge in [0, 0.05) is 18.5 Å². The molecule has 1 aromatic heterocycles. The Balaban J connectivity index is 1.90. The number of nitrogens with zero attached hydrogens (tertiary/aromatic N) is 2. The monoisotopic (exact) mass is 243 g/mol. The van der Waals surface area contributed by atoms with Gasteiger partial charge >= 0.3 is 0 Å². The van der Waals surface area contributed by atoms with Crippen LogP contribution in [0, 0.1) is 5.92 Å². The summed E-state index contributed by atoms with van der Waals surface area (Å²) in [4.78, 5) is 0. The molecule has 1 fully saturated rings. The Bertz CT molecular complexity index is 544. The first-order valence-electron chi connectivity index (χ1n) is 6.92. The lowest BCUT2D eigenvalue weighted by atomic mass is 9.82. The quantitative estimate of drug-likeness (QED) is 0.881. The highest BCUT2D eigenvalue weighted by Gasteiger charge is 2.23. The van der Waals surface area contributed by atoms with Crippen molar-refractivity contribution in [2.24, 2.45) is 18.7 Å². The Morgan fingerprint density at radius 3 is 2.89 bits per heavy atom. The summed E-state index contributed by atoms with van der Waals surface area (Å²) in [5, 5.41) is 5.97. The zero-order valence-corrected chi connectivity index (χ0v) is 11.0. The molecule has 0 radical (unpaired) electrons. The molecule has 0 spiro atoms. The second kappa shape index (κ2) is 4.73. The fraction of sp³-hybridized carbons (Fsp3) is 0.533. The number of hydrogen-bond acceptors (Lipinski definition) is 2.